The minimum absolute atomic E-state index is 0.0569. The van der Waals surface area contributed by atoms with Crippen LogP contribution in [0.2, 0.25) is 0 Å². The van der Waals surface area contributed by atoms with Gasteiger partial charge in [0.15, 0.2) is 0 Å². The Hall–Kier alpha value is -2.95. The maximum Gasteiger partial charge on any atom is 0.319 e. The molecule has 2 N–H and O–H groups in total. The number of primary amides is 1. The van der Waals surface area contributed by atoms with E-state index in [9.17, 15) is 4.79 Å². The quantitative estimate of drug-likeness (QED) is 0.786. The fourth-order valence-electron chi connectivity index (χ4n) is 2.79. The third-order valence-corrected chi connectivity index (χ3v) is 4.15. The summed E-state index contributed by atoms with van der Waals surface area (Å²) in [5, 5.41) is 1.91. The van der Waals surface area contributed by atoms with E-state index in [2.05, 4.69) is 30.7 Å². The van der Waals surface area contributed by atoms with Crippen molar-refractivity contribution in [3.8, 4) is 0 Å². The molecule has 0 spiro atoms. The molecule has 2 heterocycles. The van der Waals surface area contributed by atoms with Gasteiger partial charge < -0.3 is 5.73 Å². The van der Waals surface area contributed by atoms with Gasteiger partial charge in [-0.15, -0.1) is 0 Å². The lowest BCUT2D eigenvalue weighted by molar-refractivity contribution is 0.253. The molecule has 0 saturated carbocycles. The van der Waals surface area contributed by atoms with E-state index >= 15 is 0 Å². The lowest BCUT2D eigenvalue weighted by atomic mass is 9.91. The van der Waals surface area contributed by atoms with Gasteiger partial charge in [-0.05, 0) is 29.8 Å². The van der Waals surface area contributed by atoms with Crippen LogP contribution in [0.1, 0.15) is 32.0 Å². The zero-order valence-corrected chi connectivity index (χ0v) is 14.7. The summed E-state index contributed by atoms with van der Waals surface area (Å²) in [6, 6.07) is 11.1. The number of fused-ring (bicyclic) bond motifs is 1. The molecule has 25 heavy (non-hydrogen) atoms. The minimum Gasteiger partial charge on any atom is -0.351 e. The average molecular weight is 334 g/mol. The van der Waals surface area contributed by atoms with Gasteiger partial charge in [0, 0.05) is 40.5 Å². The highest BCUT2D eigenvalue weighted by Crippen LogP contribution is 2.28. The Kier molecular flexibility index (Phi) is 4.40. The molecular formula is C20H22N4O. The fourth-order valence-corrected chi connectivity index (χ4v) is 2.79. The Labute approximate surface area is 147 Å². The molecule has 0 saturated heterocycles. The van der Waals surface area contributed by atoms with Crippen molar-refractivity contribution in [1.82, 2.24) is 9.97 Å². The first-order chi connectivity index (χ1) is 11.9. The van der Waals surface area contributed by atoms with E-state index in [1.165, 1.54) is 0 Å². The molecule has 5 heteroatoms. The van der Waals surface area contributed by atoms with E-state index in [4.69, 9.17) is 5.73 Å². The summed E-state index contributed by atoms with van der Waals surface area (Å²) in [6.45, 7) is 6.73. The van der Waals surface area contributed by atoms with Gasteiger partial charge in [-0.2, -0.15) is 0 Å². The number of carbonyl (C=O) groups excluding carboxylic acids is 1. The second-order valence-electron chi connectivity index (χ2n) is 7.10. The van der Waals surface area contributed by atoms with Crippen LogP contribution in [0.4, 0.5) is 10.5 Å². The molecule has 0 aliphatic carbocycles. The fraction of sp³-hybridized carbons (Fsp3) is 0.250. The average Bonchev–Trinajstić information content (AvgIpc) is 2.58. The Bertz CT molecular complexity index is 909. The molecule has 3 aromatic rings. The van der Waals surface area contributed by atoms with Gasteiger partial charge >= 0.3 is 6.03 Å². The second-order valence-corrected chi connectivity index (χ2v) is 7.10. The van der Waals surface area contributed by atoms with Crippen LogP contribution >= 0.6 is 0 Å². The van der Waals surface area contributed by atoms with Gasteiger partial charge in [0.05, 0.1) is 12.2 Å². The first kappa shape index (κ1) is 16.9. The van der Waals surface area contributed by atoms with E-state index in [0.717, 1.165) is 27.7 Å². The number of aromatic nitrogens is 2. The van der Waals surface area contributed by atoms with E-state index in [1.54, 1.807) is 23.5 Å². The van der Waals surface area contributed by atoms with E-state index in [0.29, 0.717) is 6.54 Å². The van der Waals surface area contributed by atoms with Crippen LogP contribution < -0.4 is 10.6 Å². The van der Waals surface area contributed by atoms with E-state index < -0.39 is 6.03 Å². The predicted octanol–water partition coefficient (Wildman–Crippen LogP) is 4.01. The monoisotopic (exact) mass is 334 g/mol. The number of hydrogen-bond donors (Lipinski definition) is 1. The summed E-state index contributed by atoms with van der Waals surface area (Å²) in [7, 11) is 0. The molecule has 0 aliphatic rings. The number of nitrogens with two attached hydrogens (primary N) is 1. The first-order valence-electron chi connectivity index (χ1n) is 8.21. The van der Waals surface area contributed by atoms with Crippen molar-refractivity contribution in [2.24, 2.45) is 5.73 Å². The summed E-state index contributed by atoms with van der Waals surface area (Å²) < 4.78 is 0. The number of amides is 2. The lowest BCUT2D eigenvalue weighted by Crippen LogP contribution is -2.35. The van der Waals surface area contributed by atoms with E-state index in [1.807, 2.05) is 36.4 Å². The third kappa shape index (κ3) is 3.60. The number of nitrogens with zero attached hydrogens (tertiary/aromatic N) is 3. The topological polar surface area (TPSA) is 72.1 Å². The predicted molar refractivity (Wildman–Crippen MR) is 100 cm³/mol. The van der Waals surface area contributed by atoms with Crippen LogP contribution in [0.3, 0.4) is 0 Å². The highest BCUT2D eigenvalue weighted by atomic mass is 16.2. The van der Waals surface area contributed by atoms with Gasteiger partial charge in [-0.1, -0.05) is 32.9 Å². The molecule has 1 aromatic carbocycles. The molecule has 0 radical (unpaired) electrons. The molecule has 128 valence electrons. The van der Waals surface area contributed by atoms with Gasteiger partial charge in [-0.3, -0.25) is 14.9 Å². The SMILES string of the molecule is CC(C)(C)c1cc(CN(C(N)=O)c2cccc3cnccc23)ccn1. The first-order valence-corrected chi connectivity index (χ1v) is 8.21. The molecule has 5 nitrogen and oxygen atoms in total. The van der Waals surface area contributed by atoms with Gasteiger partial charge in [-0.25, -0.2) is 4.79 Å². The highest BCUT2D eigenvalue weighted by molar-refractivity contribution is 6.02. The molecule has 0 bridgehead atoms. The largest absolute Gasteiger partial charge is 0.351 e. The van der Waals surface area contributed by atoms with Crippen LogP contribution in [-0.4, -0.2) is 16.0 Å². The maximum atomic E-state index is 12.1. The maximum absolute atomic E-state index is 12.1. The summed E-state index contributed by atoms with van der Waals surface area (Å²) in [6.07, 6.45) is 5.28. The van der Waals surface area contributed by atoms with Crippen LogP contribution in [-0.2, 0) is 12.0 Å². The van der Waals surface area contributed by atoms with Crippen molar-refractivity contribution in [3.05, 3.63) is 66.2 Å². The molecule has 3 rings (SSSR count). The van der Waals surface area contributed by atoms with Crippen LogP contribution in [0.15, 0.2) is 55.0 Å². The Morgan fingerprint density at radius 3 is 2.68 bits per heavy atom. The minimum atomic E-state index is -0.488. The van der Waals surface area contributed by atoms with Crippen molar-refractivity contribution in [1.29, 1.82) is 0 Å². The number of rotatable bonds is 3. The number of urea groups is 1. The summed E-state index contributed by atoms with van der Waals surface area (Å²) in [4.78, 5) is 22.3. The zero-order valence-electron chi connectivity index (χ0n) is 14.7. The van der Waals surface area contributed by atoms with Gasteiger partial charge in [0.2, 0.25) is 0 Å². The third-order valence-electron chi connectivity index (χ3n) is 4.15. The molecule has 0 aliphatic heterocycles. The van der Waals surface area contributed by atoms with Crippen LogP contribution in [0, 0.1) is 0 Å². The number of carbonyl (C=O) groups is 1. The van der Waals surface area contributed by atoms with E-state index in [-0.39, 0.29) is 5.41 Å². The smallest absolute Gasteiger partial charge is 0.319 e. The summed E-state index contributed by atoms with van der Waals surface area (Å²) in [5.41, 5.74) is 8.38. The second kappa shape index (κ2) is 6.51. The van der Waals surface area contributed by atoms with Crippen molar-refractivity contribution in [2.75, 3.05) is 4.90 Å². The molecular weight excluding hydrogens is 312 g/mol. The van der Waals surface area contributed by atoms with Crippen molar-refractivity contribution >= 4 is 22.5 Å². The summed E-state index contributed by atoms with van der Waals surface area (Å²) >= 11 is 0. The zero-order chi connectivity index (χ0) is 18.0. The van der Waals surface area contributed by atoms with Crippen molar-refractivity contribution < 1.29 is 4.79 Å². The van der Waals surface area contributed by atoms with Gasteiger partial charge in [0.25, 0.3) is 0 Å². The lowest BCUT2D eigenvalue weighted by Gasteiger charge is -2.24. The van der Waals surface area contributed by atoms with Crippen molar-refractivity contribution in [2.45, 2.75) is 32.7 Å². The number of pyridine rings is 2. The van der Waals surface area contributed by atoms with Crippen LogP contribution in [0.25, 0.3) is 10.8 Å². The Morgan fingerprint density at radius 2 is 1.96 bits per heavy atom. The number of benzene rings is 1. The van der Waals surface area contributed by atoms with Crippen LogP contribution in [0.5, 0.6) is 0 Å². The Morgan fingerprint density at radius 1 is 1.16 bits per heavy atom. The highest BCUT2D eigenvalue weighted by Gasteiger charge is 2.19. The van der Waals surface area contributed by atoms with Gasteiger partial charge in [0.1, 0.15) is 0 Å². The summed E-state index contributed by atoms with van der Waals surface area (Å²) in [5.74, 6) is 0. The molecule has 2 aromatic heterocycles. The number of anilines is 1. The van der Waals surface area contributed by atoms with Crippen molar-refractivity contribution in [3.63, 3.8) is 0 Å². The Balaban J connectivity index is 2.02. The molecule has 0 unspecified atom stereocenters. The molecule has 2 amide bonds. The number of hydrogen-bond acceptors (Lipinski definition) is 3. The molecule has 0 atom stereocenters. The normalized spacial score (nSPS) is 11.5. The molecule has 0 fully saturated rings. The standard InChI is InChI=1S/C20H22N4O/c1-20(2,3)18-11-14(7-10-23-18)13-24(19(21)25)17-6-4-5-15-12-22-9-8-16(15)17/h4-12H,13H2,1-3H3,(H2,21,25).